The Balaban J connectivity index is 1.67. The molecule has 0 spiro atoms. The van der Waals surface area contributed by atoms with Gasteiger partial charge in [0.2, 0.25) is 0 Å². The third-order valence-electron chi connectivity index (χ3n) is 3.61. The van der Waals surface area contributed by atoms with Crippen LogP contribution < -0.4 is 0 Å². The maximum atomic E-state index is 11.8. The second kappa shape index (κ2) is 9.26. The highest BCUT2D eigenvalue weighted by Crippen LogP contribution is 2.15. The number of nitrogens with zero attached hydrogens (tertiary/aromatic N) is 2. The lowest BCUT2D eigenvalue weighted by Crippen LogP contribution is -2.35. The summed E-state index contributed by atoms with van der Waals surface area (Å²) in [5, 5.41) is 2.74. The van der Waals surface area contributed by atoms with Gasteiger partial charge in [0.1, 0.15) is 13.2 Å². The zero-order chi connectivity index (χ0) is 17.4. The second-order valence-corrected chi connectivity index (χ2v) is 5.39. The molecule has 0 radical (unpaired) electrons. The Labute approximate surface area is 140 Å². The van der Waals surface area contributed by atoms with Crippen LogP contribution in [0.15, 0.2) is 0 Å². The largest absolute Gasteiger partial charge is 0.438 e. The molecule has 2 unspecified atom stereocenters. The quantitative estimate of drug-likeness (QED) is 0.468. The van der Waals surface area contributed by atoms with Crippen molar-refractivity contribution in [2.24, 2.45) is 0 Å². The Kier molecular flexibility index (Phi) is 7.04. The van der Waals surface area contributed by atoms with Crippen molar-refractivity contribution in [1.29, 1.82) is 0 Å². The summed E-state index contributed by atoms with van der Waals surface area (Å²) >= 11 is 0. The normalized spacial score (nSPS) is 24.2. The first-order valence-electron chi connectivity index (χ1n) is 7.66. The number of hydroxylamine groups is 4. The minimum absolute atomic E-state index is 0.113. The van der Waals surface area contributed by atoms with Crippen molar-refractivity contribution in [2.75, 3.05) is 39.4 Å². The molecule has 2 heterocycles. The Bertz CT molecular complexity index is 490. The summed E-state index contributed by atoms with van der Waals surface area (Å²) in [6.45, 7) is 2.08. The predicted molar refractivity (Wildman–Crippen MR) is 81.7 cm³/mol. The average molecular weight is 336 g/mol. The number of hydrogen-bond acceptors (Lipinski definition) is 8. The number of rotatable bonds is 6. The van der Waals surface area contributed by atoms with E-state index in [4.69, 9.17) is 32.0 Å². The number of carbonyl (C=O) groups is 2. The van der Waals surface area contributed by atoms with E-state index < -0.39 is 11.9 Å². The molecule has 0 amide bonds. The molecular formula is C16H20N2O6. The lowest BCUT2D eigenvalue weighted by Gasteiger charge is -2.17. The Hall–Kier alpha value is -2.10. The molecule has 130 valence electrons. The zero-order valence-electron chi connectivity index (χ0n) is 13.3. The Morgan fingerprint density at radius 1 is 0.875 bits per heavy atom. The number of hydrogen-bond donors (Lipinski definition) is 0. The van der Waals surface area contributed by atoms with E-state index in [0.717, 1.165) is 0 Å². The highest BCUT2D eigenvalue weighted by molar-refractivity contribution is 6.29. The average Bonchev–Trinajstić information content (AvgIpc) is 3.20. The van der Waals surface area contributed by atoms with Crippen LogP contribution in [-0.4, -0.2) is 73.7 Å². The van der Waals surface area contributed by atoms with Crippen LogP contribution in [0.3, 0.4) is 0 Å². The van der Waals surface area contributed by atoms with Crippen molar-refractivity contribution in [3.8, 4) is 24.7 Å². The molecule has 2 rings (SSSR count). The minimum atomic E-state index is -1.07. The lowest BCUT2D eigenvalue weighted by molar-refractivity contribution is -0.214. The Morgan fingerprint density at radius 3 is 1.67 bits per heavy atom. The van der Waals surface area contributed by atoms with Crippen LogP contribution in [0, 0.1) is 24.7 Å². The van der Waals surface area contributed by atoms with Gasteiger partial charge < -0.3 is 19.1 Å². The molecule has 0 bridgehead atoms. The standard InChI is InChI=1S/C16H20N2O6/c1-3-9-21-13-5-7-17(11-13)23-15(19)16(20)24-18-8-6-14(12-18)22-10-4-2/h1-2,13-14H,5-12H2. The molecule has 8 heteroatoms. The first-order chi connectivity index (χ1) is 11.6. The topological polar surface area (TPSA) is 77.5 Å². The van der Waals surface area contributed by atoms with Crippen molar-refractivity contribution < 1.29 is 28.7 Å². The van der Waals surface area contributed by atoms with Crippen molar-refractivity contribution in [3.63, 3.8) is 0 Å². The van der Waals surface area contributed by atoms with Crippen LogP contribution in [0.2, 0.25) is 0 Å². The van der Waals surface area contributed by atoms with E-state index in [9.17, 15) is 9.59 Å². The zero-order valence-corrected chi connectivity index (χ0v) is 13.3. The van der Waals surface area contributed by atoms with Crippen LogP contribution in [0.4, 0.5) is 0 Å². The van der Waals surface area contributed by atoms with Crippen LogP contribution in [0.25, 0.3) is 0 Å². The summed E-state index contributed by atoms with van der Waals surface area (Å²) in [6, 6.07) is 0. The third kappa shape index (κ3) is 5.52. The van der Waals surface area contributed by atoms with E-state index in [0.29, 0.717) is 39.0 Å². The first kappa shape index (κ1) is 18.2. The summed E-state index contributed by atoms with van der Waals surface area (Å²) in [7, 11) is 0. The van der Waals surface area contributed by atoms with Gasteiger partial charge in [0.25, 0.3) is 0 Å². The summed E-state index contributed by atoms with van der Waals surface area (Å²) in [6.07, 6.45) is 11.4. The summed E-state index contributed by atoms with van der Waals surface area (Å²) < 4.78 is 10.7. The van der Waals surface area contributed by atoms with E-state index in [1.807, 2.05) is 0 Å². The van der Waals surface area contributed by atoms with Crippen LogP contribution >= 0.6 is 0 Å². The van der Waals surface area contributed by atoms with Gasteiger partial charge >= 0.3 is 11.9 Å². The van der Waals surface area contributed by atoms with E-state index in [1.165, 1.54) is 10.1 Å². The van der Waals surface area contributed by atoms with E-state index in [2.05, 4.69) is 11.8 Å². The minimum Gasteiger partial charge on any atom is -0.364 e. The van der Waals surface area contributed by atoms with Gasteiger partial charge in [0.05, 0.1) is 25.3 Å². The molecule has 0 aromatic rings. The van der Waals surface area contributed by atoms with Gasteiger partial charge in [-0.15, -0.1) is 23.0 Å². The van der Waals surface area contributed by atoms with Gasteiger partial charge in [0.15, 0.2) is 0 Å². The van der Waals surface area contributed by atoms with Gasteiger partial charge in [-0.05, 0) is 12.8 Å². The molecule has 2 aliphatic heterocycles. The smallest absolute Gasteiger partial charge is 0.364 e. The summed E-state index contributed by atoms with van der Waals surface area (Å²) in [4.78, 5) is 33.5. The first-order valence-corrected chi connectivity index (χ1v) is 7.66. The molecule has 24 heavy (non-hydrogen) atoms. The molecule has 2 fully saturated rings. The highest BCUT2D eigenvalue weighted by Gasteiger charge is 2.32. The molecule has 0 N–H and O–H groups in total. The van der Waals surface area contributed by atoms with E-state index >= 15 is 0 Å². The molecule has 0 aromatic carbocycles. The van der Waals surface area contributed by atoms with Crippen LogP contribution in [-0.2, 0) is 28.7 Å². The monoisotopic (exact) mass is 336 g/mol. The number of terminal acetylenes is 2. The Morgan fingerprint density at radius 2 is 1.29 bits per heavy atom. The van der Waals surface area contributed by atoms with Gasteiger partial charge in [0, 0.05) is 13.1 Å². The lowest BCUT2D eigenvalue weighted by atomic mass is 10.3. The molecular weight excluding hydrogens is 316 g/mol. The molecule has 2 atom stereocenters. The molecule has 2 aliphatic rings. The van der Waals surface area contributed by atoms with Crippen molar-refractivity contribution in [1.82, 2.24) is 10.1 Å². The van der Waals surface area contributed by atoms with Crippen LogP contribution in [0.1, 0.15) is 12.8 Å². The molecule has 0 aromatic heterocycles. The van der Waals surface area contributed by atoms with Gasteiger partial charge in [-0.2, -0.15) is 0 Å². The van der Waals surface area contributed by atoms with Crippen molar-refractivity contribution in [2.45, 2.75) is 25.0 Å². The van der Waals surface area contributed by atoms with E-state index in [1.54, 1.807) is 0 Å². The molecule has 8 nitrogen and oxygen atoms in total. The fourth-order valence-electron chi connectivity index (χ4n) is 2.47. The van der Waals surface area contributed by atoms with Crippen molar-refractivity contribution in [3.05, 3.63) is 0 Å². The van der Waals surface area contributed by atoms with Gasteiger partial charge in [-0.3, -0.25) is 0 Å². The second-order valence-electron chi connectivity index (χ2n) is 5.39. The SMILES string of the molecule is C#CCOC1CCN(OC(=O)C(=O)ON2CCC(OCC#C)C2)C1. The molecule has 0 aliphatic carbocycles. The van der Waals surface area contributed by atoms with Gasteiger partial charge in [-0.25, -0.2) is 9.59 Å². The van der Waals surface area contributed by atoms with Crippen molar-refractivity contribution >= 4 is 11.9 Å². The van der Waals surface area contributed by atoms with Gasteiger partial charge in [-0.1, -0.05) is 11.8 Å². The third-order valence-corrected chi connectivity index (χ3v) is 3.61. The summed E-state index contributed by atoms with van der Waals surface area (Å²) in [5.74, 6) is 2.61. The van der Waals surface area contributed by atoms with E-state index in [-0.39, 0.29) is 25.4 Å². The predicted octanol–water partition coefficient (Wildman–Crippen LogP) is -0.649. The van der Waals surface area contributed by atoms with Crippen LogP contribution in [0.5, 0.6) is 0 Å². The fourth-order valence-corrected chi connectivity index (χ4v) is 2.47. The molecule has 0 saturated carbocycles. The maximum Gasteiger partial charge on any atom is 0.438 e. The fraction of sp³-hybridized carbons (Fsp3) is 0.625. The number of carbonyl (C=O) groups excluding carboxylic acids is 2. The number of ether oxygens (including phenoxy) is 2. The molecule has 2 saturated heterocycles. The maximum absolute atomic E-state index is 11.8. The summed E-state index contributed by atoms with van der Waals surface area (Å²) in [5.41, 5.74) is 0. The highest BCUT2D eigenvalue weighted by atomic mass is 16.8.